The van der Waals surface area contributed by atoms with Crippen molar-refractivity contribution in [2.45, 2.75) is 18.3 Å². The fourth-order valence-corrected chi connectivity index (χ4v) is 3.31. The van der Waals surface area contributed by atoms with Crippen LogP contribution in [0.3, 0.4) is 0 Å². The van der Waals surface area contributed by atoms with Crippen LogP contribution in [0.2, 0.25) is 0 Å². The Balaban J connectivity index is 1.80. The molecule has 2 aromatic rings. The van der Waals surface area contributed by atoms with E-state index in [-0.39, 0.29) is 0 Å². The van der Waals surface area contributed by atoms with Crippen molar-refractivity contribution in [3.05, 3.63) is 64.1 Å². The summed E-state index contributed by atoms with van der Waals surface area (Å²) in [5, 5.41) is 0. The molecule has 0 radical (unpaired) electrons. The number of rotatable bonds is 4. The number of halogens is 1. The third kappa shape index (κ3) is 2.74. The topological polar surface area (TPSA) is 35.2 Å². The summed E-state index contributed by atoms with van der Waals surface area (Å²) in [6.07, 6.45) is 1.03. The van der Waals surface area contributed by atoms with Gasteiger partial charge in [0.1, 0.15) is 5.75 Å². The fourth-order valence-electron chi connectivity index (χ4n) is 2.90. The number of hydrogen-bond donors (Lipinski definition) is 1. The molecule has 0 spiro atoms. The largest absolute Gasteiger partial charge is 0.493 e. The number of para-hydroxylation sites is 1. The highest BCUT2D eigenvalue weighted by Gasteiger charge is 2.26. The first kappa shape index (κ1) is 13.7. The summed E-state index contributed by atoms with van der Waals surface area (Å²) in [7, 11) is 0. The number of hydrogen-bond acceptors (Lipinski definition) is 2. The van der Waals surface area contributed by atoms with Crippen molar-refractivity contribution in [3.8, 4) is 5.75 Å². The van der Waals surface area contributed by atoms with E-state index in [2.05, 4.69) is 46.3 Å². The van der Waals surface area contributed by atoms with E-state index in [0.717, 1.165) is 23.2 Å². The van der Waals surface area contributed by atoms with Gasteiger partial charge >= 0.3 is 0 Å². The van der Waals surface area contributed by atoms with E-state index in [1.165, 1.54) is 11.1 Å². The van der Waals surface area contributed by atoms with Gasteiger partial charge in [0.05, 0.1) is 6.61 Å². The minimum absolute atomic E-state index is 0.368. The lowest BCUT2D eigenvalue weighted by Crippen LogP contribution is -2.16. The fraction of sp³-hybridized carbons (Fsp3) is 0.294. The summed E-state index contributed by atoms with van der Waals surface area (Å²) in [4.78, 5) is 0. The van der Waals surface area contributed by atoms with Gasteiger partial charge in [0.15, 0.2) is 0 Å². The predicted molar refractivity (Wildman–Crippen MR) is 85.2 cm³/mol. The number of ether oxygens (including phenoxy) is 1. The molecule has 0 fully saturated rings. The smallest absolute Gasteiger partial charge is 0.122 e. The molecule has 3 heteroatoms. The van der Waals surface area contributed by atoms with Crippen molar-refractivity contribution in [3.63, 3.8) is 0 Å². The maximum absolute atomic E-state index is 6.00. The number of nitrogens with two attached hydrogens (primary N) is 1. The van der Waals surface area contributed by atoms with Gasteiger partial charge in [-0.15, -0.1) is 0 Å². The van der Waals surface area contributed by atoms with Crippen LogP contribution in [0.5, 0.6) is 5.75 Å². The molecule has 2 atom stereocenters. The molecule has 2 unspecified atom stereocenters. The monoisotopic (exact) mass is 331 g/mol. The first-order chi connectivity index (χ1) is 9.78. The Morgan fingerprint density at radius 2 is 2.05 bits per heavy atom. The lowest BCUT2D eigenvalue weighted by atomic mass is 9.86. The Kier molecular flexibility index (Phi) is 4.08. The normalized spacial score (nSPS) is 18.4. The molecule has 0 aliphatic carbocycles. The zero-order valence-electron chi connectivity index (χ0n) is 11.3. The van der Waals surface area contributed by atoms with E-state index in [0.29, 0.717) is 18.4 Å². The average Bonchev–Trinajstić information content (AvgIpc) is 2.88. The molecule has 2 N–H and O–H groups in total. The molecule has 104 valence electrons. The van der Waals surface area contributed by atoms with Gasteiger partial charge in [-0.05, 0) is 42.6 Å². The minimum Gasteiger partial charge on any atom is -0.493 e. The summed E-state index contributed by atoms with van der Waals surface area (Å²) in [6, 6.07) is 16.8. The molecule has 0 amide bonds. The Hall–Kier alpha value is -1.32. The summed E-state index contributed by atoms with van der Waals surface area (Å²) in [6.45, 7) is 1.43. The maximum Gasteiger partial charge on any atom is 0.122 e. The van der Waals surface area contributed by atoms with Crippen molar-refractivity contribution in [2.24, 2.45) is 5.73 Å². The van der Waals surface area contributed by atoms with Crippen molar-refractivity contribution >= 4 is 15.9 Å². The highest BCUT2D eigenvalue weighted by molar-refractivity contribution is 9.10. The lowest BCUT2D eigenvalue weighted by molar-refractivity contribution is 0.319. The molecule has 1 aliphatic rings. The van der Waals surface area contributed by atoms with E-state index >= 15 is 0 Å². The van der Waals surface area contributed by atoms with E-state index in [4.69, 9.17) is 10.5 Å². The summed E-state index contributed by atoms with van der Waals surface area (Å²) in [5.41, 5.74) is 8.61. The summed E-state index contributed by atoms with van der Waals surface area (Å²) >= 11 is 3.53. The standard InChI is InChI=1S/C17H18BrNO/c18-15-5-3-4-12(9-15)13(10-19)8-14-11-20-17-7-2-1-6-16(14)17/h1-7,9,13-14H,8,10-11,19H2. The molecular weight excluding hydrogens is 314 g/mol. The van der Waals surface area contributed by atoms with Crippen LogP contribution in [-0.4, -0.2) is 13.2 Å². The van der Waals surface area contributed by atoms with Crippen molar-refractivity contribution in [1.29, 1.82) is 0 Å². The molecule has 1 aliphatic heterocycles. The molecule has 1 heterocycles. The van der Waals surface area contributed by atoms with Crippen LogP contribution in [-0.2, 0) is 0 Å². The second-order valence-corrected chi connectivity index (χ2v) is 6.18. The zero-order chi connectivity index (χ0) is 13.9. The first-order valence-corrected chi connectivity index (χ1v) is 7.74. The van der Waals surface area contributed by atoms with Crippen LogP contribution in [0.25, 0.3) is 0 Å². The highest BCUT2D eigenvalue weighted by atomic mass is 79.9. The average molecular weight is 332 g/mol. The zero-order valence-corrected chi connectivity index (χ0v) is 12.8. The molecule has 2 aromatic carbocycles. The van der Waals surface area contributed by atoms with Gasteiger partial charge in [-0.1, -0.05) is 46.3 Å². The van der Waals surface area contributed by atoms with Gasteiger partial charge in [0, 0.05) is 16.0 Å². The van der Waals surface area contributed by atoms with Gasteiger partial charge in [-0.3, -0.25) is 0 Å². The summed E-state index contributed by atoms with van der Waals surface area (Å²) < 4.78 is 6.87. The third-order valence-electron chi connectivity index (χ3n) is 3.97. The number of benzene rings is 2. The molecule has 0 bridgehead atoms. The maximum atomic E-state index is 6.00. The molecule has 0 saturated heterocycles. The van der Waals surface area contributed by atoms with Crippen LogP contribution in [0.1, 0.15) is 29.4 Å². The van der Waals surface area contributed by atoms with Crippen LogP contribution in [0, 0.1) is 0 Å². The molecule has 20 heavy (non-hydrogen) atoms. The van der Waals surface area contributed by atoms with Crippen LogP contribution in [0.15, 0.2) is 53.0 Å². The van der Waals surface area contributed by atoms with E-state index in [1.807, 2.05) is 18.2 Å². The highest BCUT2D eigenvalue weighted by Crippen LogP contribution is 2.39. The Bertz CT molecular complexity index is 599. The van der Waals surface area contributed by atoms with Gasteiger partial charge in [0.25, 0.3) is 0 Å². The minimum atomic E-state index is 0.368. The van der Waals surface area contributed by atoms with Gasteiger partial charge < -0.3 is 10.5 Å². The number of fused-ring (bicyclic) bond motifs is 1. The van der Waals surface area contributed by atoms with Crippen LogP contribution < -0.4 is 10.5 Å². The predicted octanol–water partition coefficient (Wildman–Crippen LogP) is 4.06. The third-order valence-corrected chi connectivity index (χ3v) is 4.47. The van der Waals surface area contributed by atoms with Crippen molar-refractivity contribution < 1.29 is 4.74 Å². The second-order valence-electron chi connectivity index (χ2n) is 5.27. The molecule has 3 rings (SSSR count). The van der Waals surface area contributed by atoms with Crippen LogP contribution in [0.4, 0.5) is 0 Å². The Labute approximate surface area is 128 Å². The lowest BCUT2D eigenvalue weighted by Gasteiger charge is -2.19. The Morgan fingerprint density at radius 1 is 1.20 bits per heavy atom. The molecule has 0 saturated carbocycles. The van der Waals surface area contributed by atoms with Gasteiger partial charge in [-0.2, -0.15) is 0 Å². The van der Waals surface area contributed by atoms with E-state index < -0.39 is 0 Å². The molecular formula is C17H18BrNO. The SMILES string of the molecule is NCC(CC1COc2ccccc21)c1cccc(Br)c1. The van der Waals surface area contributed by atoms with Crippen molar-refractivity contribution in [2.75, 3.05) is 13.2 Å². The van der Waals surface area contributed by atoms with E-state index in [9.17, 15) is 0 Å². The molecule has 0 aromatic heterocycles. The van der Waals surface area contributed by atoms with Gasteiger partial charge in [0.2, 0.25) is 0 Å². The first-order valence-electron chi connectivity index (χ1n) is 6.95. The second kappa shape index (κ2) is 5.98. The van der Waals surface area contributed by atoms with Gasteiger partial charge in [-0.25, -0.2) is 0 Å². The van der Waals surface area contributed by atoms with Crippen LogP contribution >= 0.6 is 15.9 Å². The molecule has 2 nitrogen and oxygen atoms in total. The van der Waals surface area contributed by atoms with E-state index in [1.54, 1.807) is 0 Å². The summed E-state index contributed by atoms with van der Waals surface area (Å²) in [5.74, 6) is 1.84. The Morgan fingerprint density at radius 3 is 2.85 bits per heavy atom. The quantitative estimate of drug-likeness (QED) is 0.916. The van der Waals surface area contributed by atoms with Crippen molar-refractivity contribution in [1.82, 2.24) is 0 Å².